The highest BCUT2D eigenvalue weighted by Crippen LogP contribution is 2.40. The van der Waals surface area contributed by atoms with Gasteiger partial charge in [-0.15, -0.1) is 0 Å². The van der Waals surface area contributed by atoms with Gasteiger partial charge in [0.1, 0.15) is 17.1 Å². The normalized spacial score (nSPS) is 20.4. The molecule has 3 rings (SSSR count). The molecule has 3 nitrogen and oxygen atoms in total. The third-order valence-corrected chi connectivity index (χ3v) is 3.55. The zero-order valence-electron chi connectivity index (χ0n) is 10.7. The van der Waals surface area contributed by atoms with E-state index >= 15 is 0 Å². The summed E-state index contributed by atoms with van der Waals surface area (Å²) >= 11 is 0. The number of carbonyl (C=O) groups is 1. The molecule has 2 aromatic rings. The molecule has 0 aromatic heterocycles. The Bertz CT molecular complexity index is 622. The van der Waals surface area contributed by atoms with E-state index in [9.17, 15) is 14.3 Å². The highest BCUT2D eigenvalue weighted by Gasteiger charge is 2.40. The summed E-state index contributed by atoms with van der Waals surface area (Å²) in [5.74, 6) is -1.34. The van der Waals surface area contributed by atoms with Gasteiger partial charge in [0, 0.05) is 12.0 Å². The van der Waals surface area contributed by atoms with Crippen LogP contribution < -0.4 is 5.32 Å². The molecule has 1 aliphatic carbocycles. The fourth-order valence-corrected chi connectivity index (χ4v) is 2.40. The average Bonchev–Trinajstić information content (AvgIpc) is 3.19. The third-order valence-electron chi connectivity index (χ3n) is 3.55. The Morgan fingerprint density at radius 2 is 1.90 bits per heavy atom. The number of hydrogen-bond acceptors (Lipinski definition) is 2. The van der Waals surface area contributed by atoms with Gasteiger partial charge < -0.3 is 10.4 Å². The Morgan fingerprint density at radius 1 is 1.15 bits per heavy atom. The second kappa shape index (κ2) is 4.96. The number of rotatable bonds is 3. The van der Waals surface area contributed by atoms with Crippen LogP contribution in [0, 0.1) is 5.82 Å². The molecule has 0 bridgehead atoms. The molecule has 0 heterocycles. The molecule has 20 heavy (non-hydrogen) atoms. The molecule has 2 N–H and O–H groups in total. The molecule has 0 spiro atoms. The van der Waals surface area contributed by atoms with Gasteiger partial charge in [-0.3, -0.25) is 4.79 Å². The van der Waals surface area contributed by atoms with Gasteiger partial charge in [-0.2, -0.15) is 0 Å². The molecule has 1 aliphatic rings. The van der Waals surface area contributed by atoms with Crippen LogP contribution in [0.5, 0.6) is 5.75 Å². The molecule has 1 fully saturated rings. The summed E-state index contributed by atoms with van der Waals surface area (Å²) in [6.07, 6.45) is 0.838. The minimum atomic E-state index is -0.709. The predicted molar refractivity (Wildman–Crippen MR) is 73.1 cm³/mol. The number of nitrogens with one attached hydrogen (secondary N) is 1. The number of carbonyl (C=O) groups excluding carboxylic acids is 1. The van der Waals surface area contributed by atoms with E-state index in [1.54, 1.807) is 0 Å². The maximum absolute atomic E-state index is 13.6. The lowest BCUT2D eigenvalue weighted by Crippen LogP contribution is -2.27. The number of amides is 1. The van der Waals surface area contributed by atoms with Crippen molar-refractivity contribution in [2.45, 2.75) is 18.4 Å². The number of phenolic OH excluding ortho intramolecular Hbond substituents is 1. The van der Waals surface area contributed by atoms with E-state index in [0.717, 1.165) is 18.1 Å². The molecule has 1 amide bonds. The second-order valence-electron chi connectivity index (χ2n) is 4.97. The van der Waals surface area contributed by atoms with Crippen LogP contribution in [0.1, 0.15) is 28.3 Å². The topological polar surface area (TPSA) is 49.3 Å². The van der Waals surface area contributed by atoms with Crippen molar-refractivity contribution in [3.63, 3.8) is 0 Å². The van der Waals surface area contributed by atoms with Crippen molar-refractivity contribution < 1.29 is 14.3 Å². The van der Waals surface area contributed by atoms with Crippen LogP contribution in [0.2, 0.25) is 0 Å². The number of benzene rings is 2. The van der Waals surface area contributed by atoms with Gasteiger partial charge in [0.05, 0.1) is 0 Å². The maximum atomic E-state index is 13.6. The Kier molecular flexibility index (Phi) is 3.14. The van der Waals surface area contributed by atoms with Gasteiger partial charge in [0.15, 0.2) is 0 Å². The van der Waals surface area contributed by atoms with Crippen molar-refractivity contribution in [1.82, 2.24) is 5.32 Å². The van der Waals surface area contributed by atoms with Crippen molar-refractivity contribution >= 4 is 5.91 Å². The Labute approximate surface area is 116 Å². The first-order valence-corrected chi connectivity index (χ1v) is 6.50. The molecular weight excluding hydrogens is 257 g/mol. The Balaban J connectivity index is 1.70. The van der Waals surface area contributed by atoms with Gasteiger partial charge in [-0.1, -0.05) is 36.4 Å². The van der Waals surface area contributed by atoms with Crippen LogP contribution in [-0.4, -0.2) is 17.1 Å². The summed E-state index contributed by atoms with van der Waals surface area (Å²) in [6.45, 7) is 0. The summed E-state index contributed by atoms with van der Waals surface area (Å²) in [5.41, 5.74) is 0.877. The number of hydrogen-bond donors (Lipinski definition) is 2. The van der Waals surface area contributed by atoms with Crippen LogP contribution >= 0.6 is 0 Å². The molecule has 2 aromatic carbocycles. The van der Waals surface area contributed by atoms with Crippen molar-refractivity contribution in [1.29, 1.82) is 0 Å². The first-order valence-electron chi connectivity index (χ1n) is 6.50. The summed E-state index contributed by atoms with van der Waals surface area (Å²) in [4.78, 5) is 12.0. The quantitative estimate of drug-likeness (QED) is 0.901. The van der Waals surface area contributed by atoms with E-state index in [0.29, 0.717) is 0 Å². The smallest absolute Gasteiger partial charge is 0.258 e. The zero-order chi connectivity index (χ0) is 14.1. The van der Waals surface area contributed by atoms with Crippen molar-refractivity contribution in [3.8, 4) is 5.75 Å². The minimum absolute atomic E-state index is 0.00362. The third kappa shape index (κ3) is 2.37. The second-order valence-corrected chi connectivity index (χ2v) is 4.97. The first kappa shape index (κ1) is 12.7. The number of halogens is 1. The molecule has 1 saturated carbocycles. The summed E-state index contributed by atoms with van der Waals surface area (Å²) in [6, 6.07) is 13.7. The molecule has 102 valence electrons. The average molecular weight is 271 g/mol. The van der Waals surface area contributed by atoms with E-state index in [4.69, 9.17) is 0 Å². The highest BCUT2D eigenvalue weighted by molar-refractivity contribution is 5.97. The van der Waals surface area contributed by atoms with E-state index in [1.165, 1.54) is 12.1 Å². The van der Waals surface area contributed by atoms with Gasteiger partial charge in [-0.05, 0) is 24.1 Å². The summed E-state index contributed by atoms with van der Waals surface area (Å²) < 4.78 is 13.6. The first-order chi connectivity index (χ1) is 9.66. The van der Waals surface area contributed by atoms with Gasteiger partial charge in [0.25, 0.3) is 5.91 Å². The van der Waals surface area contributed by atoms with Crippen molar-refractivity contribution in [2.24, 2.45) is 0 Å². The predicted octanol–water partition coefficient (Wildman–Crippen LogP) is 2.82. The van der Waals surface area contributed by atoms with E-state index < -0.39 is 11.7 Å². The number of phenols is 1. The zero-order valence-corrected chi connectivity index (χ0v) is 10.7. The van der Waals surface area contributed by atoms with Gasteiger partial charge >= 0.3 is 0 Å². The SMILES string of the molecule is O=C(NC1CC1c1ccccc1)c1c(O)cccc1F. The monoisotopic (exact) mass is 271 g/mol. The lowest BCUT2D eigenvalue weighted by molar-refractivity contribution is 0.0943. The van der Waals surface area contributed by atoms with Crippen LogP contribution in [0.15, 0.2) is 48.5 Å². The molecule has 0 radical (unpaired) electrons. The molecule has 2 unspecified atom stereocenters. The Hall–Kier alpha value is -2.36. The van der Waals surface area contributed by atoms with E-state index in [-0.39, 0.29) is 23.3 Å². The van der Waals surface area contributed by atoms with Gasteiger partial charge in [0.2, 0.25) is 0 Å². The standard InChI is InChI=1S/C16H14FNO2/c17-12-7-4-8-14(19)15(12)16(20)18-13-9-11(13)10-5-2-1-3-6-10/h1-8,11,13,19H,9H2,(H,18,20). The van der Waals surface area contributed by atoms with Crippen LogP contribution in [0.25, 0.3) is 0 Å². The Morgan fingerprint density at radius 3 is 2.60 bits per heavy atom. The molecule has 0 aliphatic heterocycles. The molecule has 0 saturated heterocycles. The van der Waals surface area contributed by atoms with Crippen molar-refractivity contribution in [2.75, 3.05) is 0 Å². The molecule has 2 atom stereocenters. The van der Waals surface area contributed by atoms with E-state index in [1.807, 2.05) is 30.3 Å². The summed E-state index contributed by atoms with van der Waals surface area (Å²) in [5, 5.41) is 12.3. The minimum Gasteiger partial charge on any atom is -0.507 e. The number of aromatic hydroxyl groups is 1. The molecule has 4 heteroatoms. The van der Waals surface area contributed by atoms with Crippen molar-refractivity contribution in [3.05, 3.63) is 65.5 Å². The van der Waals surface area contributed by atoms with E-state index in [2.05, 4.69) is 5.32 Å². The summed E-state index contributed by atoms with van der Waals surface area (Å²) in [7, 11) is 0. The van der Waals surface area contributed by atoms with Gasteiger partial charge in [-0.25, -0.2) is 4.39 Å². The molecular formula is C16H14FNO2. The highest BCUT2D eigenvalue weighted by atomic mass is 19.1. The maximum Gasteiger partial charge on any atom is 0.258 e. The lowest BCUT2D eigenvalue weighted by Gasteiger charge is -2.07. The lowest BCUT2D eigenvalue weighted by atomic mass is 10.1. The largest absolute Gasteiger partial charge is 0.507 e. The van der Waals surface area contributed by atoms with Crippen LogP contribution in [0.4, 0.5) is 4.39 Å². The fourth-order valence-electron chi connectivity index (χ4n) is 2.40. The van der Waals surface area contributed by atoms with Crippen LogP contribution in [-0.2, 0) is 0 Å². The van der Waals surface area contributed by atoms with Crippen LogP contribution in [0.3, 0.4) is 0 Å². The fraction of sp³-hybridized carbons (Fsp3) is 0.188.